The summed E-state index contributed by atoms with van der Waals surface area (Å²) in [4.78, 5) is 11.2. The lowest BCUT2D eigenvalue weighted by Gasteiger charge is -2.21. The third kappa shape index (κ3) is 3.54. The molecule has 0 heterocycles. The minimum atomic E-state index is -3.66. The second-order valence-electron chi connectivity index (χ2n) is 5.20. The molecule has 0 aliphatic heterocycles. The molecule has 6 heteroatoms. The lowest BCUT2D eigenvalue weighted by Crippen LogP contribution is -2.40. The predicted octanol–water partition coefficient (Wildman–Crippen LogP) is 1.17. The summed E-state index contributed by atoms with van der Waals surface area (Å²) in [5.41, 5.74) is 5.30. The number of nitrogens with one attached hydrogen (secondary N) is 1. The minimum absolute atomic E-state index is 0.0775. The van der Waals surface area contributed by atoms with Gasteiger partial charge in [0, 0.05) is 11.1 Å². The molecule has 1 aromatic carbocycles. The molecule has 0 aromatic heterocycles. The van der Waals surface area contributed by atoms with Crippen molar-refractivity contribution in [3.05, 3.63) is 29.3 Å². The van der Waals surface area contributed by atoms with Gasteiger partial charge in [0.25, 0.3) is 0 Å². The van der Waals surface area contributed by atoms with Crippen molar-refractivity contribution >= 4 is 15.9 Å². The lowest BCUT2D eigenvalue weighted by molar-refractivity contribution is 0.1000. The van der Waals surface area contributed by atoms with Crippen molar-refractivity contribution in [2.24, 2.45) is 5.73 Å². The molecular weight excluding hydrogens is 252 g/mol. The highest BCUT2D eigenvalue weighted by molar-refractivity contribution is 7.89. The summed E-state index contributed by atoms with van der Waals surface area (Å²) >= 11 is 0. The first-order valence-corrected chi connectivity index (χ1v) is 6.96. The second-order valence-corrected chi connectivity index (χ2v) is 6.85. The number of sulfonamides is 1. The van der Waals surface area contributed by atoms with E-state index in [9.17, 15) is 13.2 Å². The Morgan fingerprint density at radius 1 is 1.28 bits per heavy atom. The van der Waals surface area contributed by atoms with Gasteiger partial charge in [-0.15, -0.1) is 0 Å². The Morgan fingerprint density at radius 2 is 1.83 bits per heavy atom. The number of carbonyl (C=O) groups excluding carboxylic acids is 1. The van der Waals surface area contributed by atoms with E-state index in [4.69, 9.17) is 5.73 Å². The summed E-state index contributed by atoms with van der Waals surface area (Å²) in [5.74, 6) is -0.651. The summed E-state index contributed by atoms with van der Waals surface area (Å²) in [6.07, 6.45) is 0. The Labute approximate surface area is 107 Å². The highest BCUT2D eigenvalue weighted by Gasteiger charge is 2.24. The van der Waals surface area contributed by atoms with Crippen molar-refractivity contribution in [1.29, 1.82) is 0 Å². The standard InChI is InChI=1S/C12H18N2O3S/c1-8-5-6-9(11(13)15)7-10(8)18(16,17)14-12(2,3)4/h5-7,14H,1-4H3,(H2,13,15). The fourth-order valence-corrected chi connectivity index (χ4v) is 3.19. The minimum Gasteiger partial charge on any atom is -0.366 e. The molecular formula is C12H18N2O3S. The first kappa shape index (κ1) is 14.7. The topological polar surface area (TPSA) is 89.3 Å². The van der Waals surface area contributed by atoms with Crippen molar-refractivity contribution in [1.82, 2.24) is 4.72 Å². The van der Waals surface area contributed by atoms with Gasteiger partial charge >= 0.3 is 0 Å². The van der Waals surface area contributed by atoms with Crippen LogP contribution in [0.5, 0.6) is 0 Å². The van der Waals surface area contributed by atoms with Gasteiger partial charge in [0.1, 0.15) is 0 Å². The van der Waals surface area contributed by atoms with Crippen LogP contribution >= 0.6 is 0 Å². The Hall–Kier alpha value is -1.40. The lowest BCUT2D eigenvalue weighted by atomic mass is 10.1. The van der Waals surface area contributed by atoms with Crippen LogP contribution < -0.4 is 10.5 Å². The van der Waals surface area contributed by atoms with Crippen molar-refractivity contribution in [3.8, 4) is 0 Å². The third-order valence-electron chi connectivity index (χ3n) is 2.20. The van der Waals surface area contributed by atoms with E-state index in [1.165, 1.54) is 12.1 Å². The molecule has 0 spiro atoms. The fraction of sp³-hybridized carbons (Fsp3) is 0.417. The van der Waals surface area contributed by atoms with Crippen LogP contribution in [-0.4, -0.2) is 19.9 Å². The van der Waals surface area contributed by atoms with Crippen LogP contribution in [-0.2, 0) is 10.0 Å². The van der Waals surface area contributed by atoms with E-state index in [-0.39, 0.29) is 10.5 Å². The van der Waals surface area contributed by atoms with Gasteiger partial charge < -0.3 is 5.73 Å². The molecule has 0 unspecified atom stereocenters. The molecule has 100 valence electrons. The van der Waals surface area contributed by atoms with Crippen molar-refractivity contribution in [3.63, 3.8) is 0 Å². The van der Waals surface area contributed by atoms with E-state index in [0.29, 0.717) is 5.56 Å². The Balaban J connectivity index is 3.32. The predicted molar refractivity (Wildman–Crippen MR) is 69.8 cm³/mol. The quantitative estimate of drug-likeness (QED) is 0.864. The van der Waals surface area contributed by atoms with Gasteiger partial charge in [-0.25, -0.2) is 13.1 Å². The second kappa shape index (κ2) is 4.70. The van der Waals surface area contributed by atoms with Gasteiger partial charge in [-0.3, -0.25) is 4.79 Å². The highest BCUT2D eigenvalue weighted by atomic mass is 32.2. The van der Waals surface area contributed by atoms with Gasteiger partial charge in [-0.1, -0.05) is 6.07 Å². The molecule has 5 nitrogen and oxygen atoms in total. The maximum absolute atomic E-state index is 12.2. The number of nitrogens with two attached hydrogens (primary N) is 1. The van der Waals surface area contributed by atoms with Crippen molar-refractivity contribution in [2.45, 2.75) is 38.1 Å². The van der Waals surface area contributed by atoms with Crippen LogP contribution in [0.3, 0.4) is 0 Å². The number of rotatable bonds is 3. The van der Waals surface area contributed by atoms with Gasteiger partial charge in [0.05, 0.1) is 4.90 Å². The summed E-state index contributed by atoms with van der Waals surface area (Å²) < 4.78 is 26.9. The maximum atomic E-state index is 12.2. The molecule has 0 aliphatic carbocycles. The third-order valence-corrected chi connectivity index (χ3v) is 4.10. The number of hydrogen-bond acceptors (Lipinski definition) is 3. The largest absolute Gasteiger partial charge is 0.366 e. The average Bonchev–Trinajstić information content (AvgIpc) is 2.13. The Bertz CT molecular complexity index is 571. The van der Waals surface area contributed by atoms with E-state index in [0.717, 1.165) is 0 Å². The molecule has 1 amide bonds. The zero-order valence-corrected chi connectivity index (χ0v) is 11.8. The zero-order chi connectivity index (χ0) is 14.1. The van der Waals surface area contributed by atoms with Gasteiger partial charge in [0.2, 0.25) is 15.9 Å². The summed E-state index contributed by atoms with van der Waals surface area (Å²) in [7, 11) is -3.66. The van der Waals surface area contributed by atoms with Crippen LogP contribution in [0.15, 0.2) is 23.1 Å². The molecule has 1 aromatic rings. The van der Waals surface area contributed by atoms with Gasteiger partial charge in [0.15, 0.2) is 0 Å². The van der Waals surface area contributed by atoms with Crippen LogP contribution in [0.25, 0.3) is 0 Å². The van der Waals surface area contributed by atoms with Gasteiger partial charge in [-0.05, 0) is 45.4 Å². The number of hydrogen-bond donors (Lipinski definition) is 2. The monoisotopic (exact) mass is 270 g/mol. The molecule has 3 N–H and O–H groups in total. The van der Waals surface area contributed by atoms with Crippen molar-refractivity contribution in [2.75, 3.05) is 0 Å². The molecule has 0 saturated carbocycles. The maximum Gasteiger partial charge on any atom is 0.248 e. The summed E-state index contributed by atoms with van der Waals surface area (Å²) in [5, 5.41) is 0. The smallest absolute Gasteiger partial charge is 0.248 e. The number of carbonyl (C=O) groups is 1. The van der Waals surface area contributed by atoms with Crippen LogP contribution in [0.4, 0.5) is 0 Å². The molecule has 0 aliphatic rings. The average molecular weight is 270 g/mol. The molecule has 0 atom stereocenters. The molecule has 0 fully saturated rings. The number of benzene rings is 1. The van der Waals surface area contributed by atoms with Crippen molar-refractivity contribution < 1.29 is 13.2 Å². The Kier molecular flexibility index (Phi) is 3.83. The first-order valence-electron chi connectivity index (χ1n) is 5.47. The summed E-state index contributed by atoms with van der Waals surface area (Å²) in [6, 6.07) is 4.37. The number of primary amides is 1. The number of amides is 1. The molecule has 1 rings (SSSR count). The molecule has 0 saturated heterocycles. The van der Waals surface area contributed by atoms with Crippen LogP contribution in [0.1, 0.15) is 36.7 Å². The summed E-state index contributed by atoms with van der Waals surface area (Å²) in [6.45, 7) is 6.91. The SMILES string of the molecule is Cc1ccc(C(N)=O)cc1S(=O)(=O)NC(C)(C)C. The normalized spacial score (nSPS) is 12.4. The number of aryl methyl sites for hydroxylation is 1. The van der Waals surface area contributed by atoms with Gasteiger partial charge in [-0.2, -0.15) is 0 Å². The first-order chi connectivity index (χ1) is 8.03. The van der Waals surface area contributed by atoms with E-state index in [2.05, 4.69) is 4.72 Å². The Morgan fingerprint density at radius 3 is 2.28 bits per heavy atom. The van der Waals surface area contributed by atoms with E-state index in [1.54, 1.807) is 33.8 Å². The van der Waals surface area contributed by atoms with Crippen LogP contribution in [0, 0.1) is 6.92 Å². The van der Waals surface area contributed by atoms with E-state index < -0.39 is 21.5 Å². The van der Waals surface area contributed by atoms with Crippen LogP contribution in [0.2, 0.25) is 0 Å². The van der Waals surface area contributed by atoms with E-state index >= 15 is 0 Å². The zero-order valence-electron chi connectivity index (χ0n) is 10.9. The fourth-order valence-electron chi connectivity index (χ4n) is 1.50. The molecule has 0 bridgehead atoms. The molecule has 0 radical (unpaired) electrons. The molecule has 18 heavy (non-hydrogen) atoms. The highest BCUT2D eigenvalue weighted by Crippen LogP contribution is 2.18. The van der Waals surface area contributed by atoms with E-state index in [1.807, 2.05) is 0 Å².